The highest BCUT2D eigenvalue weighted by molar-refractivity contribution is 5.94. The van der Waals surface area contributed by atoms with E-state index in [1.54, 1.807) is 13.8 Å². The summed E-state index contributed by atoms with van der Waals surface area (Å²) in [6.45, 7) is 3.58. The molecule has 16 heavy (non-hydrogen) atoms. The van der Waals surface area contributed by atoms with Crippen LogP contribution >= 0.6 is 0 Å². The Kier molecular flexibility index (Phi) is 3.95. The van der Waals surface area contributed by atoms with Gasteiger partial charge in [-0.1, -0.05) is 13.8 Å². The van der Waals surface area contributed by atoms with Crippen molar-refractivity contribution >= 4 is 11.6 Å². The number of nitrogens with two attached hydrogens (primary N) is 1. The van der Waals surface area contributed by atoms with E-state index in [0.29, 0.717) is 0 Å². The summed E-state index contributed by atoms with van der Waals surface area (Å²) in [5, 5.41) is 2.36. The minimum absolute atomic E-state index is 0.0431. The number of carbonyl (C=O) groups excluding carboxylic acids is 1. The second kappa shape index (κ2) is 5.03. The minimum Gasteiger partial charge on any atom is -0.325 e. The van der Waals surface area contributed by atoms with Crippen LogP contribution in [0.2, 0.25) is 0 Å². The molecule has 1 amide bonds. The van der Waals surface area contributed by atoms with Crippen molar-refractivity contribution in [3.05, 3.63) is 29.8 Å². The molecule has 88 valence electrons. The summed E-state index contributed by atoms with van der Waals surface area (Å²) in [4.78, 5) is 11.5. The lowest BCUT2D eigenvalue weighted by Crippen LogP contribution is -2.39. The lowest BCUT2D eigenvalue weighted by Gasteiger charge is -2.15. The van der Waals surface area contributed by atoms with Gasteiger partial charge in [0.1, 0.15) is 11.6 Å². The van der Waals surface area contributed by atoms with Gasteiger partial charge < -0.3 is 11.1 Å². The van der Waals surface area contributed by atoms with Crippen LogP contribution < -0.4 is 11.1 Å². The summed E-state index contributed by atoms with van der Waals surface area (Å²) in [6.07, 6.45) is 0. The molecule has 1 unspecified atom stereocenters. The maximum absolute atomic E-state index is 12.8. The Balaban J connectivity index is 2.77. The molecule has 0 bridgehead atoms. The number of anilines is 1. The Morgan fingerprint density at radius 2 is 1.75 bits per heavy atom. The molecule has 1 aromatic rings. The van der Waals surface area contributed by atoms with E-state index < -0.39 is 23.6 Å². The van der Waals surface area contributed by atoms with E-state index in [-0.39, 0.29) is 11.6 Å². The van der Waals surface area contributed by atoms with Crippen LogP contribution in [0.3, 0.4) is 0 Å². The van der Waals surface area contributed by atoms with Gasteiger partial charge in [-0.2, -0.15) is 0 Å². The first-order chi connectivity index (χ1) is 7.40. The number of halogens is 2. The van der Waals surface area contributed by atoms with E-state index in [1.807, 2.05) is 0 Å². The van der Waals surface area contributed by atoms with Gasteiger partial charge in [0.25, 0.3) is 0 Å². The molecule has 0 aliphatic rings. The van der Waals surface area contributed by atoms with Crippen LogP contribution in [0.5, 0.6) is 0 Å². The van der Waals surface area contributed by atoms with Gasteiger partial charge >= 0.3 is 0 Å². The Hall–Kier alpha value is -1.49. The van der Waals surface area contributed by atoms with Crippen LogP contribution in [0, 0.1) is 17.6 Å². The van der Waals surface area contributed by atoms with E-state index in [4.69, 9.17) is 5.73 Å². The number of hydrogen-bond donors (Lipinski definition) is 2. The molecule has 0 saturated carbocycles. The van der Waals surface area contributed by atoms with E-state index in [1.165, 1.54) is 0 Å². The standard InChI is InChI=1S/C11H14F2N2O/c1-6(2)10(14)11(16)15-9-4-7(12)3-8(13)5-9/h3-6,10H,14H2,1-2H3,(H,15,16). The molecule has 0 radical (unpaired) electrons. The lowest BCUT2D eigenvalue weighted by molar-refractivity contribution is -0.118. The number of amides is 1. The summed E-state index contributed by atoms with van der Waals surface area (Å²) in [6, 6.07) is 2.10. The van der Waals surface area contributed by atoms with Crippen molar-refractivity contribution in [1.29, 1.82) is 0 Å². The summed E-state index contributed by atoms with van der Waals surface area (Å²) in [5.41, 5.74) is 5.65. The average molecular weight is 228 g/mol. The number of nitrogens with one attached hydrogen (secondary N) is 1. The van der Waals surface area contributed by atoms with Crippen LogP contribution in [0.25, 0.3) is 0 Å². The summed E-state index contributed by atoms with van der Waals surface area (Å²) < 4.78 is 25.6. The third-order valence-corrected chi connectivity index (χ3v) is 2.15. The Labute approximate surface area is 92.6 Å². The highest BCUT2D eigenvalue weighted by Crippen LogP contribution is 2.13. The fourth-order valence-corrected chi connectivity index (χ4v) is 1.15. The third kappa shape index (κ3) is 3.27. The fourth-order valence-electron chi connectivity index (χ4n) is 1.15. The van der Waals surface area contributed by atoms with Crippen molar-refractivity contribution in [1.82, 2.24) is 0 Å². The molecule has 5 heteroatoms. The van der Waals surface area contributed by atoms with Crippen molar-refractivity contribution in [2.45, 2.75) is 19.9 Å². The van der Waals surface area contributed by atoms with Crippen molar-refractivity contribution in [3.8, 4) is 0 Å². The van der Waals surface area contributed by atoms with Crippen molar-refractivity contribution in [2.24, 2.45) is 11.7 Å². The van der Waals surface area contributed by atoms with Gasteiger partial charge in [0, 0.05) is 11.8 Å². The average Bonchev–Trinajstić information content (AvgIpc) is 2.14. The van der Waals surface area contributed by atoms with Gasteiger partial charge in [-0.05, 0) is 18.1 Å². The van der Waals surface area contributed by atoms with Gasteiger partial charge in [-0.25, -0.2) is 8.78 Å². The van der Waals surface area contributed by atoms with E-state index in [0.717, 1.165) is 18.2 Å². The summed E-state index contributed by atoms with van der Waals surface area (Å²) in [5.74, 6) is -1.99. The van der Waals surface area contributed by atoms with Crippen molar-refractivity contribution < 1.29 is 13.6 Å². The molecule has 1 atom stereocenters. The number of carbonyl (C=O) groups is 1. The molecule has 0 aliphatic heterocycles. The maximum atomic E-state index is 12.8. The van der Waals surface area contributed by atoms with E-state index in [2.05, 4.69) is 5.32 Å². The third-order valence-electron chi connectivity index (χ3n) is 2.15. The van der Waals surface area contributed by atoms with Crippen LogP contribution in [-0.4, -0.2) is 11.9 Å². The topological polar surface area (TPSA) is 55.1 Å². The predicted octanol–water partition coefficient (Wildman–Crippen LogP) is 1.89. The molecule has 0 saturated heterocycles. The van der Waals surface area contributed by atoms with Gasteiger partial charge in [0.05, 0.1) is 6.04 Å². The first kappa shape index (κ1) is 12.6. The molecule has 0 aromatic heterocycles. The van der Waals surface area contributed by atoms with Gasteiger partial charge in [0.15, 0.2) is 0 Å². The van der Waals surface area contributed by atoms with Gasteiger partial charge in [-0.3, -0.25) is 4.79 Å². The highest BCUT2D eigenvalue weighted by Gasteiger charge is 2.17. The van der Waals surface area contributed by atoms with E-state index >= 15 is 0 Å². The van der Waals surface area contributed by atoms with Crippen molar-refractivity contribution in [3.63, 3.8) is 0 Å². The van der Waals surface area contributed by atoms with Gasteiger partial charge in [0.2, 0.25) is 5.91 Å². The first-order valence-corrected chi connectivity index (χ1v) is 4.92. The van der Waals surface area contributed by atoms with Gasteiger partial charge in [-0.15, -0.1) is 0 Å². The summed E-state index contributed by atoms with van der Waals surface area (Å²) >= 11 is 0. The maximum Gasteiger partial charge on any atom is 0.241 e. The SMILES string of the molecule is CC(C)C(N)C(=O)Nc1cc(F)cc(F)c1. The monoisotopic (exact) mass is 228 g/mol. The van der Waals surface area contributed by atoms with Crippen LogP contribution in [0.1, 0.15) is 13.8 Å². The normalized spacial score (nSPS) is 12.6. The molecule has 3 nitrogen and oxygen atoms in total. The molecule has 3 N–H and O–H groups in total. The van der Waals surface area contributed by atoms with E-state index in [9.17, 15) is 13.6 Å². The second-order valence-corrected chi connectivity index (χ2v) is 3.92. The van der Waals surface area contributed by atoms with Crippen LogP contribution in [0.15, 0.2) is 18.2 Å². The number of benzene rings is 1. The largest absolute Gasteiger partial charge is 0.325 e. The molecule has 1 rings (SSSR count). The second-order valence-electron chi connectivity index (χ2n) is 3.92. The smallest absolute Gasteiger partial charge is 0.241 e. The number of rotatable bonds is 3. The molecular weight excluding hydrogens is 214 g/mol. The number of hydrogen-bond acceptors (Lipinski definition) is 2. The molecule has 0 spiro atoms. The Bertz CT molecular complexity index is 373. The molecule has 0 heterocycles. The zero-order chi connectivity index (χ0) is 12.3. The predicted molar refractivity (Wildman–Crippen MR) is 57.8 cm³/mol. The van der Waals surface area contributed by atoms with Crippen LogP contribution in [0.4, 0.5) is 14.5 Å². The quantitative estimate of drug-likeness (QED) is 0.830. The first-order valence-electron chi connectivity index (χ1n) is 4.92. The molecule has 0 fully saturated rings. The Morgan fingerprint density at radius 3 is 2.19 bits per heavy atom. The summed E-state index contributed by atoms with van der Waals surface area (Å²) in [7, 11) is 0. The molecule has 0 aliphatic carbocycles. The molecular formula is C11H14F2N2O. The Morgan fingerprint density at radius 1 is 1.25 bits per heavy atom. The zero-order valence-corrected chi connectivity index (χ0v) is 9.13. The fraction of sp³-hybridized carbons (Fsp3) is 0.364. The minimum atomic E-state index is -0.742. The molecule has 1 aromatic carbocycles. The van der Waals surface area contributed by atoms with Crippen molar-refractivity contribution in [2.75, 3.05) is 5.32 Å². The highest BCUT2D eigenvalue weighted by atomic mass is 19.1. The van der Waals surface area contributed by atoms with Crippen LogP contribution in [-0.2, 0) is 4.79 Å². The zero-order valence-electron chi connectivity index (χ0n) is 9.13. The lowest BCUT2D eigenvalue weighted by atomic mass is 10.0.